The summed E-state index contributed by atoms with van der Waals surface area (Å²) in [5.74, 6) is 1.80. The number of anilines is 1. The van der Waals surface area contributed by atoms with Gasteiger partial charge in [0.25, 0.3) is 0 Å². The molecule has 2 saturated heterocycles. The summed E-state index contributed by atoms with van der Waals surface area (Å²) in [6.45, 7) is 0. The van der Waals surface area contributed by atoms with Crippen LogP contribution in [0.3, 0.4) is 0 Å². The lowest BCUT2D eigenvalue weighted by atomic mass is 10.0. The van der Waals surface area contributed by atoms with Crippen molar-refractivity contribution in [1.82, 2.24) is 9.36 Å². The maximum atomic E-state index is 4.78. The van der Waals surface area contributed by atoms with E-state index in [2.05, 4.69) is 25.2 Å². The Kier molecular flexibility index (Phi) is 2.47. The number of rotatable bonds is 2. The summed E-state index contributed by atoms with van der Waals surface area (Å²) in [4.78, 5) is 8.07. The second-order valence-electron chi connectivity index (χ2n) is 5.57. The molecule has 1 saturated carbocycles. The van der Waals surface area contributed by atoms with Gasteiger partial charge in [0.15, 0.2) is 0 Å². The van der Waals surface area contributed by atoms with Gasteiger partial charge < -0.3 is 4.90 Å². The molecule has 1 aliphatic carbocycles. The fourth-order valence-corrected chi connectivity index (χ4v) is 5.02. The molecule has 0 radical (unpaired) electrons. The summed E-state index contributed by atoms with van der Waals surface area (Å²) < 4.78 is 4.55. The third-order valence-corrected chi connectivity index (χ3v) is 5.76. The second kappa shape index (κ2) is 3.92. The molecular formula is C12H16BrN3S. The predicted octanol–water partition coefficient (Wildman–Crippen LogP) is 3.31. The molecule has 3 heterocycles. The summed E-state index contributed by atoms with van der Waals surface area (Å²) in [5, 5.41) is 1.19. The second-order valence-corrected chi connectivity index (χ2v) is 7.60. The number of hydrogen-bond donors (Lipinski definition) is 0. The molecule has 5 heteroatoms. The van der Waals surface area contributed by atoms with Crippen molar-refractivity contribution in [2.75, 3.05) is 4.90 Å². The van der Waals surface area contributed by atoms with Crippen LogP contribution in [0.5, 0.6) is 0 Å². The van der Waals surface area contributed by atoms with E-state index in [-0.39, 0.29) is 0 Å². The molecule has 17 heavy (non-hydrogen) atoms. The van der Waals surface area contributed by atoms with Crippen molar-refractivity contribution in [3.63, 3.8) is 0 Å². The highest BCUT2D eigenvalue weighted by atomic mass is 79.9. The van der Waals surface area contributed by atoms with Crippen molar-refractivity contribution >= 4 is 32.6 Å². The first-order valence-corrected chi connectivity index (χ1v) is 8.26. The van der Waals surface area contributed by atoms with E-state index in [4.69, 9.17) is 4.98 Å². The van der Waals surface area contributed by atoms with Gasteiger partial charge in [-0.05, 0) is 38.5 Å². The number of hydrogen-bond acceptors (Lipinski definition) is 4. The van der Waals surface area contributed by atoms with Gasteiger partial charge in [-0.2, -0.15) is 4.37 Å². The van der Waals surface area contributed by atoms with Crippen LogP contribution in [0, 0.1) is 0 Å². The summed E-state index contributed by atoms with van der Waals surface area (Å²) in [5.41, 5.74) is 0. The maximum Gasteiger partial charge on any atom is 0.205 e. The first-order valence-electron chi connectivity index (χ1n) is 6.57. The standard InChI is InChI=1S/C12H16BrN3S/c13-8-5-9-3-4-10(6-8)16(9)12-14-11(15-17-12)7-1-2-7/h7-10H,1-6H2. The fourth-order valence-electron chi connectivity index (χ4n) is 3.26. The lowest BCUT2D eigenvalue weighted by Gasteiger charge is -2.36. The van der Waals surface area contributed by atoms with E-state index < -0.39 is 0 Å². The van der Waals surface area contributed by atoms with Gasteiger partial charge in [0.05, 0.1) is 0 Å². The molecule has 1 aromatic heterocycles. The fraction of sp³-hybridized carbons (Fsp3) is 0.833. The van der Waals surface area contributed by atoms with Gasteiger partial charge in [0.2, 0.25) is 5.13 Å². The Morgan fingerprint density at radius 3 is 2.47 bits per heavy atom. The molecule has 3 aliphatic rings. The van der Waals surface area contributed by atoms with Crippen LogP contribution in [0.15, 0.2) is 0 Å². The van der Waals surface area contributed by atoms with E-state index in [0.29, 0.717) is 22.8 Å². The Bertz CT molecular complexity index is 417. The van der Waals surface area contributed by atoms with E-state index >= 15 is 0 Å². The lowest BCUT2D eigenvalue weighted by molar-refractivity contribution is 0.482. The Morgan fingerprint density at radius 2 is 1.82 bits per heavy atom. The Morgan fingerprint density at radius 1 is 1.12 bits per heavy atom. The van der Waals surface area contributed by atoms with E-state index in [1.165, 1.54) is 43.7 Å². The van der Waals surface area contributed by atoms with Crippen molar-refractivity contribution in [2.45, 2.75) is 61.4 Å². The summed E-state index contributed by atoms with van der Waals surface area (Å²) in [7, 11) is 0. The van der Waals surface area contributed by atoms with Crippen LogP contribution in [0.2, 0.25) is 0 Å². The zero-order valence-corrected chi connectivity index (χ0v) is 12.1. The van der Waals surface area contributed by atoms with Gasteiger partial charge in [-0.3, -0.25) is 0 Å². The quantitative estimate of drug-likeness (QED) is 0.784. The number of aromatic nitrogens is 2. The molecule has 0 N–H and O–H groups in total. The van der Waals surface area contributed by atoms with Crippen LogP contribution in [-0.2, 0) is 0 Å². The smallest absolute Gasteiger partial charge is 0.205 e. The number of nitrogens with zero attached hydrogens (tertiary/aromatic N) is 3. The Labute approximate surface area is 114 Å². The molecular weight excluding hydrogens is 298 g/mol. The molecule has 1 aromatic rings. The van der Waals surface area contributed by atoms with Gasteiger partial charge >= 0.3 is 0 Å². The highest BCUT2D eigenvalue weighted by Gasteiger charge is 2.42. The SMILES string of the molecule is BrC1CC2CCC(C1)N2c1nc(C2CC2)ns1. The highest BCUT2D eigenvalue weighted by molar-refractivity contribution is 9.09. The minimum atomic E-state index is 0.686. The maximum absolute atomic E-state index is 4.78. The van der Waals surface area contributed by atoms with Crippen LogP contribution in [0.25, 0.3) is 0 Å². The van der Waals surface area contributed by atoms with Crippen molar-refractivity contribution in [1.29, 1.82) is 0 Å². The van der Waals surface area contributed by atoms with E-state index in [9.17, 15) is 0 Å². The molecule has 0 spiro atoms. The molecule has 2 bridgehead atoms. The number of halogens is 1. The molecule has 92 valence electrons. The van der Waals surface area contributed by atoms with Gasteiger partial charge in [-0.1, -0.05) is 15.9 Å². The van der Waals surface area contributed by atoms with Crippen LogP contribution in [0.1, 0.15) is 50.3 Å². The molecule has 3 nitrogen and oxygen atoms in total. The minimum Gasteiger partial charge on any atom is -0.341 e. The van der Waals surface area contributed by atoms with Gasteiger partial charge in [0.1, 0.15) is 5.82 Å². The average molecular weight is 314 g/mol. The number of piperidine rings is 1. The van der Waals surface area contributed by atoms with Crippen molar-refractivity contribution < 1.29 is 0 Å². The predicted molar refractivity (Wildman–Crippen MR) is 73.1 cm³/mol. The number of alkyl halides is 1. The topological polar surface area (TPSA) is 29.0 Å². The first kappa shape index (κ1) is 10.7. The van der Waals surface area contributed by atoms with Crippen LogP contribution < -0.4 is 4.90 Å². The van der Waals surface area contributed by atoms with E-state index in [0.717, 1.165) is 5.82 Å². The van der Waals surface area contributed by atoms with Gasteiger partial charge in [0, 0.05) is 34.4 Å². The van der Waals surface area contributed by atoms with Crippen LogP contribution in [0.4, 0.5) is 5.13 Å². The first-order chi connectivity index (χ1) is 8.31. The third kappa shape index (κ3) is 1.82. The minimum absolute atomic E-state index is 0.686. The molecule has 2 unspecified atom stereocenters. The highest BCUT2D eigenvalue weighted by Crippen LogP contribution is 2.44. The largest absolute Gasteiger partial charge is 0.341 e. The molecule has 2 atom stereocenters. The van der Waals surface area contributed by atoms with Crippen molar-refractivity contribution in [3.8, 4) is 0 Å². The molecule has 2 aliphatic heterocycles. The summed E-state index contributed by atoms with van der Waals surface area (Å²) >= 11 is 5.41. The van der Waals surface area contributed by atoms with Gasteiger partial charge in [-0.15, -0.1) is 0 Å². The number of fused-ring (bicyclic) bond motifs is 2. The van der Waals surface area contributed by atoms with Gasteiger partial charge in [-0.25, -0.2) is 4.98 Å². The average Bonchev–Trinajstić information content (AvgIpc) is 2.98. The zero-order chi connectivity index (χ0) is 11.4. The Balaban J connectivity index is 1.61. The summed E-state index contributed by atoms with van der Waals surface area (Å²) in [6, 6.07) is 1.41. The molecule has 0 aromatic carbocycles. The molecule has 3 fully saturated rings. The zero-order valence-electron chi connectivity index (χ0n) is 9.68. The van der Waals surface area contributed by atoms with Crippen molar-refractivity contribution in [2.24, 2.45) is 0 Å². The monoisotopic (exact) mass is 313 g/mol. The molecule has 4 rings (SSSR count). The van der Waals surface area contributed by atoms with Crippen LogP contribution in [-0.4, -0.2) is 26.3 Å². The Hall–Kier alpha value is -0.160. The van der Waals surface area contributed by atoms with Crippen LogP contribution >= 0.6 is 27.5 Å². The third-order valence-electron chi connectivity index (χ3n) is 4.27. The van der Waals surface area contributed by atoms with E-state index in [1.54, 1.807) is 11.5 Å². The lowest BCUT2D eigenvalue weighted by Crippen LogP contribution is -2.43. The summed E-state index contributed by atoms with van der Waals surface area (Å²) in [6.07, 6.45) is 7.82. The van der Waals surface area contributed by atoms with E-state index in [1.807, 2.05) is 0 Å². The molecule has 0 amide bonds. The normalized spacial score (nSPS) is 36.5. The van der Waals surface area contributed by atoms with Crippen molar-refractivity contribution in [3.05, 3.63) is 5.82 Å².